The first-order valence-electron chi connectivity index (χ1n) is 7.07. The van der Waals surface area contributed by atoms with E-state index < -0.39 is 0 Å². The van der Waals surface area contributed by atoms with Crippen molar-refractivity contribution in [1.29, 1.82) is 0 Å². The molecule has 0 aliphatic carbocycles. The first-order chi connectivity index (χ1) is 9.14. The lowest BCUT2D eigenvalue weighted by Crippen LogP contribution is -2.25. The molecule has 0 unspecified atom stereocenters. The van der Waals surface area contributed by atoms with Gasteiger partial charge >= 0.3 is 0 Å². The molecule has 19 heavy (non-hydrogen) atoms. The van der Waals surface area contributed by atoms with Crippen LogP contribution in [0.25, 0.3) is 0 Å². The summed E-state index contributed by atoms with van der Waals surface area (Å²) in [5.41, 5.74) is -0.136. The second-order valence-electron chi connectivity index (χ2n) is 5.30. The maximum atomic E-state index is 8.81. The van der Waals surface area contributed by atoms with Crippen LogP contribution in [0.3, 0.4) is 0 Å². The molecule has 0 amide bonds. The Hall–Kier alpha value is -1.06. The Bertz CT molecular complexity index is 322. The molecule has 1 aromatic rings. The average molecular weight is 266 g/mol. The van der Waals surface area contributed by atoms with Crippen molar-refractivity contribution >= 4 is 0 Å². The average Bonchev–Trinajstić information content (AvgIpc) is 2.42. The molecule has 1 aromatic carbocycles. The topological polar surface area (TPSA) is 38.7 Å². The smallest absolute Gasteiger partial charge is 0.119 e. The van der Waals surface area contributed by atoms with E-state index >= 15 is 0 Å². The van der Waals surface area contributed by atoms with Crippen molar-refractivity contribution in [2.75, 3.05) is 19.8 Å². The van der Waals surface area contributed by atoms with Crippen LogP contribution < -0.4 is 4.74 Å². The molecule has 1 N–H and O–H groups in total. The third-order valence-corrected chi connectivity index (χ3v) is 2.98. The fraction of sp³-hybridized carbons (Fsp3) is 0.625. The van der Waals surface area contributed by atoms with Gasteiger partial charge in [-0.25, -0.2) is 0 Å². The van der Waals surface area contributed by atoms with Crippen molar-refractivity contribution in [3.8, 4) is 5.75 Å². The number of aliphatic hydroxyl groups is 1. The van der Waals surface area contributed by atoms with Crippen LogP contribution in [0, 0.1) is 0 Å². The molecule has 0 aliphatic rings. The van der Waals surface area contributed by atoms with Gasteiger partial charge in [0.05, 0.1) is 12.2 Å². The quantitative estimate of drug-likeness (QED) is 0.660. The van der Waals surface area contributed by atoms with Gasteiger partial charge in [-0.3, -0.25) is 0 Å². The summed E-state index contributed by atoms with van der Waals surface area (Å²) in [6.07, 6.45) is 3.68. The van der Waals surface area contributed by atoms with Crippen LogP contribution in [-0.4, -0.2) is 30.5 Å². The van der Waals surface area contributed by atoms with Crippen molar-refractivity contribution in [1.82, 2.24) is 0 Å². The summed E-state index contributed by atoms with van der Waals surface area (Å²) < 4.78 is 11.4. The predicted molar refractivity (Wildman–Crippen MR) is 77.5 cm³/mol. The van der Waals surface area contributed by atoms with Crippen molar-refractivity contribution in [3.63, 3.8) is 0 Å². The highest BCUT2D eigenvalue weighted by Gasteiger charge is 2.16. The number of benzene rings is 1. The number of aliphatic hydroxyl groups excluding tert-OH is 1. The second kappa shape index (κ2) is 8.94. The summed E-state index contributed by atoms with van der Waals surface area (Å²) in [4.78, 5) is 0. The van der Waals surface area contributed by atoms with Gasteiger partial charge < -0.3 is 14.6 Å². The van der Waals surface area contributed by atoms with E-state index in [9.17, 15) is 0 Å². The summed E-state index contributed by atoms with van der Waals surface area (Å²) in [5, 5.41) is 8.81. The summed E-state index contributed by atoms with van der Waals surface area (Å²) in [7, 11) is 0. The SMILES string of the molecule is CC(C)(CCCO)OCCCCOc1ccccc1. The first-order valence-corrected chi connectivity index (χ1v) is 7.07. The minimum Gasteiger partial charge on any atom is -0.494 e. The van der Waals surface area contributed by atoms with Gasteiger partial charge in [0, 0.05) is 13.2 Å². The van der Waals surface area contributed by atoms with Gasteiger partial charge in [0.1, 0.15) is 5.75 Å². The zero-order valence-electron chi connectivity index (χ0n) is 12.1. The van der Waals surface area contributed by atoms with Crippen LogP contribution in [0.15, 0.2) is 30.3 Å². The van der Waals surface area contributed by atoms with Gasteiger partial charge in [-0.2, -0.15) is 0 Å². The monoisotopic (exact) mass is 266 g/mol. The molecule has 0 saturated carbocycles. The van der Waals surface area contributed by atoms with E-state index in [0.717, 1.165) is 44.6 Å². The zero-order chi connectivity index (χ0) is 14.0. The minimum atomic E-state index is -0.136. The van der Waals surface area contributed by atoms with Gasteiger partial charge in [-0.15, -0.1) is 0 Å². The van der Waals surface area contributed by atoms with E-state index in [1.165, 1.54) is 0 Å². The zero-order valence-corrected chi connectivity index (χ0v) is 12.1. The Balaban J connectivity index is 2.02. The Morgan fingerprint density at radius 1 is 1.00 bits per heavy atom. The molecule has 3 nitrogen and oxygen atoms in total. The minimum absolute atomic E-state index is 0.136. The molecule has 108 valence electrons. The molecule has 0 saturated heterocycles. The summed E-state index contributed by atoms with van der Waals surface area (Å²) in [5.74, 6) is 0.923. The van der Waals surface area contributed by atoms with E-state index in [0.29, 0.717) is 0 Å². The van der Waals surface area contributed by atoms with Gasteiger partial charge in [0.2, 0.25) is 0 Å². The van der Waals surface area contributed by atoms with Gasteiger partial charge in [-0.05, 0) is 51.7 Å². The summed E-state index contributed by atoms with van der Waals surface area (Å²) in [6, 6.07) is 9.86. The third-order valence-electron chi connectivity index (χ3n) is 2.98. The van der Waals surface area contributed by atoms with Crippen LogP contribution in [0.2, 0.25) is 0 Å². The normalized spacial score (nSPS) is 11.5. The Morgan fingerprint density at radius 2 is 1.68 bits per heavy atom. The lowest BCUT2D eigenvalue weighted by atomic mass is 10.0. The number of para-hydroxylation sites is 1. The highest BCUT2D eigenvalue weighted by atomic mass is 16.5. The molecular weight excluding hydrogens is 240 g/mol. The Kier molecular flexibility index (Phi) is 7.53. The largest absolute Gasteiger partial charge is 0.494 e. The van der Waals surface area contributed by atoms with Gasteiger partial charge in [0.25, 0.3) is 0 Å². The third kappa shape index (κ3) is 7.85. The number of hydrogen-bond acceptors (Lipinski definition) is 3. The summed E-state index contributed by atoms with van der Waals surface area (Å²) >= 11 is 0. The van der Waals surface area contributed by atoms with Crippen molar-refractivity contribution in [2.24, 2.45) is 0 Å². The highest BCUT2D eigenvalue weighted by molar-refractivity contribution is 5.20. The molecule has 0 atom stereocenters. The van der Waals surface area contributed by atoms with E-state index in [4.69, 9.17) is 14.6 Å². The van der Waals surface area contributed by atoms with E-state index in [1.807, 2.05) is 30.3 Å². The molecule has 0 aliphatic heterocycles. The van der Waals surface area contributed by atoms with E-state index in [2.05, 4.69) is 13.8 Å². The van der Waals surface area contributed by atoms with Crippen LogP contribution >= 0.6 is 0 Å². The van der Waals surface area contributed by atoms with Crippen LogP contribution in [0.5, 0.6) is 5.75 Å². The van der Waals surface area contributed by atoms with E-state index in [-0.39, 0.29) is 12.2 Å². The second-order valence-corrected chi connectivity index (χ2v) is 5.30. The Morgan fingerprint density at radius 3 is 2.37 bits per heavy atom. The lowest BCUT2D eigenvalue weighted by Gasteiger charge is -2.25. The Labute approximate surface area is 116 Å². The van der Waals surface area contributed by atoms with E-state index in [1.54, 1.807) is 0 Å². The molecule has 0 heterocycles. The maximum absolute atomic E-state index is 8.81. The number of ether oxygens (including phenoxy) is 2. The van der Waals surface area contributed by atoms with Gasteiger partial charge in [0.15, 0.2) is 0 Å². The predicted octanol–water partition coefficient (Wildman–Crippen LogP) is 3.41. The standard InChI is InChI=1S/C16H26O3/c1-16(2,11-8-12-17)19-14-7-6-13-18-15-9-4-3-5-10-15/h3-5,9-10,17H,6-8,11-14H2,1-2H3. The number of rotatable bonds is 10. The molecule has 0 bridgehead atoms. The summed E-state index contributed by atoms with van der Waals surface area (Å²) in [6.45, 7) is 5.85. The fourth-order valence-electron chi connectivity index (χ4n) is 1.84. The van der Waals surface area contributed by atoms with Crippen LogP contribution in [-0.2, 0) is 4.74 Å². The van der Waals surface area contributed by atoms with Crippen LogP contribution in [0.1, 0.15) is 39.5 Å². The fourth-order valence-corrected chi connectivity index (χ4v) is 1.84. The van der Waals surface area contributed by atoms with Crippen molar-refractivity contribution in [3.05, 3.63) is 30.3 Å². The van der Waals surface area contributed by atoms with Crippen molar-refractivity contribution < 1.29 is 14.6 Å². The molecule has 0 fully saturated rings. The lowest BCUT2D eigenvalue weighted by molar-refractivity contribution is -0.0292. The van der Waals surface area contributed by atoms with Crippen LogP contribution in [0.4, 0.5) is 0 Å². The highest BCUT2D eigenvalue weighted by Crippen LogP contribution is 2.17. The molecular formula is C16H26O3. The molecule has 0 spiro atoms. The maximum Gasteiger partial charge on any atom is 0.119 e. The molecule has 0 aromatic heterocycles. The first kappa shape index (κ1) is 16.0. The van der Waals surface area contributed by atoms with Gasteiger partial charge in [-0.1, -0.05) is 18.2 Å². The number of unbranched alkanes of at least 4 members (excludes halogenated alkanes) is 1. The molecule has 1 rings (SSSR count). The number of hydrogen-bond donors (Lipinski definition) is 1. The molecule has 0 radical (unpaired) electrons. The van der Waals surface area contributed by atoms with Crippen molar-refractivity contribution in [2.45, 2.75) is 45.1 Å². The molecule has 3 heteroatoms.